The van der Waals surface area contributed by atoms with E-state index in [4.69, 9.17) is 21.1 Å². The second kappa shape index (κ2) is 15.1. The smallest absolute Gasteiger partial charge is 0.207 e. The summed E-state index contributed by atoms with van der Waals surface area (Å²) >= 11 is 6.35. The number of hydrogen-bond donors (Lipinski definition) is 2. The van der Waals surface area contributed by atoms with E-state index in [2.05, 4.69) is 20.6 Å². The zero-order valence-electron chi connectivity index (χ0n) is 21.2. The van der Waals surface area contributed by atoms with Crippen molar-refractivity contribution in [2.45, 2.75) is 46.6 Å². The van der Waals surface area contributed by atoms with Gasteiger partial charge in [0.2, 0.25) is 6.41 Å². The van der Waals surface area contributed by atoms with Gasteiger partial charge in [0, 0.05) is 31.1 Å². The third-order valence-corrected chi connectivity index (χ3v) is 4.81. The van der Waals surface area contributed by atoms with Crippen molar-refractivity contribution in [3.63, 3.8) is 0 Å². The lowest BCUT2D eigenvalue weighted by Gasteiger charge is -2.14. The fourth-order valence-corrected chi connectivity index (χ4v) is 2.81. The van der Waals surface area contributed by atoms with Crippen molar-refractivity contribution < 1.29 is 14.3 Å². The second-order valence-corrected chi connectivity index (χ2v) is 8.32. The van der Waals surface area contributed by atoms with Gasteiger partial charge in [-0.05, 0) is 69.7 Å². The second-order valence-electron chi connectivity index (χ2n) is 7.96. The average molecular weight is 489 g/mol. The van der Waals surface area contributed by atoms with Crippen molar-refractivity contribution in [2.24, 2.45) is 0 Å². The number of aromatic nitrogens is 2. The van der Waals surface area contributed by atoms with Crippen LogP contribution >= 0.6 is 11.6 Å². The van der Waals surface area contributed by atoms with Crippen LogP contribution in [0.2, 0.25) is 5.15 Å². The number of methoxy groups -OCH3 is 2. The average Bonchev–Trinajstić information content (AvgIpc) is 2.85. The Kier molecular flexibility index (Phi) is 12.9. The Morgan fingerprint density at radius 2 is 1.65 bits per heavy atom. The molecule has 2 N–H and O–H groups in total. The molecule has 0 aliphatic rings. The molecule has 0 saturated carbocycles. The number of rotatable bonds is 8. The first kappa shape index (κ1) is 29.1. The Balaban J connectivity index is 0.000000631. The first-order valence-electron chi connectivity index (χ1n) is 11.3. The number of nitrogens with zero attached hydrogens (tertiary/aromatic N) is 2. The van der Waals surface area contributed by atoms with Crippen LogP contribution in [0.5, 0.6) is 5.75 Å². The molecule has 1 amide bonds. The van der Waals surface area contributed by atoms with Gasteiger partial charge in [0.1, 0.15) is 16.7 Å². The number of fused-ring (bicyclic) bond motifs is 1. The summed E-state index contributed by atoms with van der Waals surface area (Å²) in [5, 5.41) is 7.09. The molecule has 0 atom stereocenters. The number of amides is 1. The van der Waals surface area contributed by atoms with E-state index in [1.165, 1.54) is 0 Å². The minimum absolute atomic E-state index is 0.0417. The maximum absolute atomic E-state index is 10.2. The van der Waals surface area contributed by atoms with Crippen molar-refractivity contribution in [2.75, 3.05) is 32.6 Å². The lowest BCUT2D eigenvalue weighted by atomic mass is 10.1. The molecule has 0 aliphatic carbocycles. The molecule has 0 unspecified atom stereocenters. The fourth-order valence-electron chi connectivity index (χ4n) is 2.56. The monoisotopic (exact) mass is 488 g/mol. The van der Waals surface area contributed by atoms with Gasteiger partial charge in [-0.15, -0.1) is 0 Å². The van der Waals surface area contributed by atoms with E-state index in [0.29, 0.717) is 24.7 Å². The molecule has 34 heavy (non-hydrogen) atoms. The molecule has 3 aromatic rings. The van der Waals surface area contributed by atoms with E-state index in [9.17, 15) is 4.79 Å². The standard InChI is InChI=1S/C19H19ClN4O2.C5H12O.C2H6/c1-26-14-5-3-13(4-6-14)16-11-17-15(19(20)24-16)7-8-18(23-17)22-10-2-9-21-12-25;1-5(2,3)6-4;1-2/h3-8,11-12H,2,9-10H2,1H3,(H,21,25)(H,22,23);1-4H3;1-2H3. The summed E-state index contributed by atoms with van der Waals surface area (Å²) in [6, 6.07) is 13.3. The number of nitrogens with one attached hydrogen (secondary N) is 2. The predicted octanol–water partition coefficient (Wildman–Crippen LogP) is 5.96. The number of hydrogen-bond acceptors (Lipinski definition) is 6. The quantitative estimate of drug-likeness (QED) is 0.231. The molecular formula is C26H37ClN4O3. The van der Waals surface area contributed by atoms with Gasteiger partial charge in [0.15, 0.2) is 0 Å². The SMILES string of the molecule is CC.COC(C)(C)C.COc1ccc(-c2cc3nc(NCCCNC=O)ccc3c(Cl)n2)cc1. The largest absolute Gasteiger partial charge is 0.497 e. The summed E-state index contributed by atoms with van der Waals surface area (Å²) in [6.07, 6.45) is 1.51. The molecule has 1 aromatic carbocycles. The summed E-state index contributed by atoms with van der Waals surface area (Å²) in [7, 11) is 3.34. The van der Waals surface area contributed by atoms with Crippen molar-refractivity contribution in [3.05, 3.63) is 47.6 Å². The predicted molar refractivity (Wildman–Crippen MR) is 142 cm³/mol. The molecule has 186 valence electrons. The van der Waals surface area contributed by atoms with Gasteiger partial charge in [0.05, 0.1) is 23.9 Å². The van der Waals surface area contributed by atoms with Crippen molar-refractivity contribution in [3.8, 4) is 17.0 Å². The first-order valence-corrected chi connectivity index (χ1v) is 11.7. The van der Waals surface area contributed by atoms with E-state index in [1.54, 1.807) is 14.2 Å². The van der Waals surface area contributed by atoms with Crippen LogP contribution in [0.4, 0.5) is 5.82 Å². The molecule has 8 heteroatoms. The van der Waals surface area contributed by atoms with Crippen LogP contribution in [0.25, 0.3) is 22.2 Å². The van der Waals surface area contributed by atoms with Gasteiger partial charge in [-0.2, -0.15) is 0 Å². The fraction of sp³-hybridized carbons (Fsp3) is 0.423. The van der Waals surface area contributed by atoms with Crippen LogP contribution in [0.1, 0.15) is 41.0 Å². The summed E-state index contributed by atoms with van der Waals surface area (Å²) in [4.78, 5) is 19.3. The number of anilines is 1. The van der Waals surface area contributed by atoms with Crippen LogP contribution in [0.15, 0.2) is 42.5 Å². The Hall–Kier alpha value is -2.90. The van der Waals surface area contributed by atoms with Gasteiger partial charge < -0.3 is 20.1 Å². The van der Waals surface area contributed by atoms with Crippen LogP contribution in [0.3, 0.4) is 0 Å². The Labute approximate surface area is 208 Å². The lowest BCUT2D eigenvalue weighted by molar-refractivity contribution is -0.109. The number of benzene rings is 1. The van der Waals surface area contributed by atoms with Crippen LogP contribution in [-0.4, -0.2) is 49.3 Å². The maximum atomic E-state index is 10.2. The van der Waals surface area contributed by atoms with Crippen molar-refractivity contribution in [1.82, 2.24) is 15.3 Å². The topological polar surface area (TPSA) is 85.4 Å². The molecule has 7 nitrogen and oxygen atoms in total. The summed E-state index contributed by atoms with van der Waals surface area (Å²) in [6.45, 7) is 11.4. The number of ether oxygens (including phenoxy) is 2. The highest BCUT2D eigenvalue weighted by atomic mass is 35.5. The Morgan fingerprint density at radius 1 is 1.00 bits per heavy atom. The van der Waals surface area contributed by atoms with Gasteiger partial charge in [-0.25, -0.2) is 9.97 Å². The molecule has 0 aliphatic heterocycles. The van der Waals surface area contributed by atoms with Crippen LogP contribution in [0, 0.1) is 0 Å². The van der Waals surface area contributed by atoms with Gasteiger partial charge in [-0.1, -0.05) is 25.4 Å². The minimum Gasteiger partial charge on any atom is -0.497 e. The van der Waals surface area contributed by atoms with Gasteiger partial charge in [-0.3, -0.25) is 4.79 Å². The molecular weight excluding hydrogens is 452 g/mol. The van der Waals surface area contributed by atoms with E-state index >= 15 is 0 Å². The number of pyridine rings is 2. The first-order chi connectivity index (χ1) is 16.3. The van der Waals surface area contributed by atoms with Crippen LogP contribution < -0.4 is 15.4 Å². The van der Waals surface area contributed by atoms with Crippen LogP contribution in [-0.2, 0) is 9.53 Å². The minimum atomic E-state index is 0.0417. The maximum Gasteiger partial charge on any atom is 0.207 e. The normalized spacial score (nSPS) is 10.4. The lowest BCUT2D eigenvalue weighted by Crippen LogP contribution is -2.16. The van der Waals surface area contributed by atoms with E-state index in [1.807, 2.05) is 77.1 Å². The summed E-state index contributed by atoms with van der Waals surface area (Å²) in [5.74, 6) is 1.54. The third-order valence-electron chi connectivity index (χ3n) is 4.52. The number of carbonyl (C=O) groups is 1. The van der Waals surface area contributed by atoms with Crippen molar-refractivity contribution in [1.29, 1.82) is 0 Å². The molecule has 2 aromatic heterocycles. The summed E-state index contributed by atoms with van der Waals surface area (Å²) in [5.41, 5.74) is 2.51. The highest BCUT2D eigenvalue weighted by molar-refractivity contribution is 6.34. The number of halogens is 1. The Morgan fingerprint density at radius 3 is 2.21 bits per heavy atom. The van der Waals surface area contributed by atoms with E-state index in [0.717, 1.165) is 40.1 Å². The highest BCUT2D eigenvalue weighted by Gasteiger charge is 2.09. The molecule has 0 radical (unpaired) electrons. The third kappa shape index (κ3) is 9.93. The van der Waals surface area contributed by atoms with E-state index < -0.39 is 0 Å². The molecule has 3 rings (SSSR count). The van der Waals surface area contributed by atoms with Crippen molar-refractivity contribution >= 4 is 34.7 Å². The zero-order valence-corrected chi connectivity index (χ0v) is 22.0. The molecule has 0 saturated heterocycles. The zero-order chi connectivity index (χ0) is 25.6. The molecule has 0 fully saturated rings. The molecule has 2 heterocycles. The Bertz CT molecular complexity index is 1010. The number of carbonyl (C=O) groups excluding carboxylic acids is 1. The highest BCUT2D eigenvalue weighted by Crippen LogP contribution is 2.28. The molecule has 0 spiro atoms. The van der Waals surface area contributed by atoms with Gasteiger partial charge in [0.25, 0.3) is 0 Å². The van der Waals surface area contributed by atoms with Gasteiger partial charge >= 0.3 is 0 Å². The van der Waals surface area contributed by atoms with E-state index in [-0.39, 0.29) is 5.60 Å². The molecule has 0 bridgehead atoms. The summed E-state index contributed by atoms with van der Waals surface area (Å²) < 4.78 is 10.1.